The Kier molecular flexibility index (Phi) is 4.01. The summed E-state index contributed by atoms with van der Waals surface area (Å²) >= 11 is 0. The number of carbonyl (C=O) groups excluding carboxylic acids is 1. The van der Waals surface area contributed by atoms with Gasteiger partial charge in [0.25, 0.3) is 0 Å². The summed E-state index contributed by atoms with van der Waals surface area (Å²) in [4.78, 5) is 22.9. The minimum Gasteiger partial charge on any atom is -0.337 e. The molecule has 2 aromatic heterocycles. The second kappa shape index (κ2) is 6.47. The monoisotopic (exact) mass is 334 g/mol. The van der Waals surface area contributed by atoms with Crippen LogP contribution >= 0.6 is 0 Å². The van der Waals surface area contributed by atoms with Crippen molar-refractivity contribution >= 4 is 5.91 Å². The van der Waals surface area contributed by atoms with Gasteiger partial charge in [-0.25, -0.2) is 0 Å². The number of hydrogen-bond donors (Lipinski definition) is 0. The molecule has 0 N–H and O–H groups in total. The summed E-state index contributed by atoms with van der Waals surface area (Å²) < 4.78 is 5.44. The third-order valence-electron chi connectivity index (χ3n) is 4.42. The number of aryl methyl sites for hydroxylation is 1. The lowest BCUT2D eigenvalue weighted by Gasteiger charge is -2.22. The van der Waals surface area contributed by atoms with Gasteiger partial charge in [0, 0.05) is 19.2 Å². The highest BCUT2D eigenvalue weighted by Gasteiger charge is 2.36. The van der Waals surface area contributed by atoms with Crippen LogP contribution in [0.1, 0.15) is 35.9 Å². The van der Waals surface area contributed by atoms with E-state index in [9.17, 15) is 4.79 Å². The second-order valence-electron chi connectivity index (χ2n) is 6.23. The summed E-state index contributed by atoms with van der Waals surface area (Å²) in [5.74, 6) is 1.03. The molecule has 0 aliphatic carbocycles. The molecular weight excluding hydrogens is 316 g/mol. The molecule has 1 aromatic carbocycles. The van der Waals surface area contributed by atoms with E-state index in [2.05, 4.69) is 27.3 Å². The zero-order valence-corrected chi connectivity index (χ0v) is 13.9. The van der Waals surface area contributed by atoms with E-state index in [0.717, 1.165) is 5.56 Å². The van der Waals surface area contributed by atoms with Crippen molar-refractivity contribution in [3.63, 3.8) is 0 Å². The van der Waals surface area contributed by atoms with Gasteiger partial charge in [0.2, 0.25) is 17.6 Å². The third kappa shape index (κ3) is 3.15. The molecule has 0 radical (unpaired) electrons. The van der Waals surface area contributed by atoms with Gasteiger partial charge in [0.05, 0.1) is 0 Å². The number of likely N-dealkylation sites (tertiary alicyclic amines) is 1. The largest absolute Gasteiger partial charge is 0.337 e. The first-order valence-electron chi connectivity index (χ1n) is 8.31. The normalized spacial score (nSPS) is 17.2. The van der Waals surface area contributed by atoms with Gasteiger partial charge in [0.15, 0.2) is 0 Å². The molecule has 25 heavy (non-hydrogen) atoms. The molecule has 3 heterocycles. The van der Waals surface area contributed by atoms with Crippen LogP contribution < -0.4 is 0 Å². The summed E-state index contributed by atoms with van der Waals surface area (Å²) in [5, 5.41) is 4.02. The van der Waals surface area contributed by atoms with Crippen LogP contribution in [0.25, 0.3) is 11.5 Å². The number of amides is 1. The van der Waals surface area contributed by atoms with Crippen LogP contribution in [-0.2, 0) is 11.3 Å². The van der Waals surface area contributed by atoms with Gasteiger partial charge in [-0.15, -0.1) is 0 Å². The molecule has 1 fully saturated rings. The van der Waals surface area contributed by atoms with Crippen LogP contribution in [0.4, 0.5) is 0 Å². The molecule has 6 heteroatoms. The Bertz CT molecular complexity index is 874. The summed E-state index contributed by atoms with van der Waals surface area (Å²) in [6, 6.07) is 13.6. The molecule has 1 atom stereocenters. The Balaban J connectivity index is 1.57. The maximum Gasteiger partial charge on any atom is 0.249 e. The van der Waals surface area contributed by atoms with E-state index in [1.165, 1.54) is 5.56 Å². The standard InChI is InChI=1S/C19H18N4O2/c1-13-5-7-14(8-6-13)12-23-16(9-10-17(23)24)19-21-18(22-25-19)15-4-2-3-11-20-15/h2-8,11,16H,9-10,12H2,1H3. The molecule has 1 unspecified atom stereocenters. The summed E-state index contributed by atoms with van der Waals surface area (Å²) in [5.41, 5.74) is 2.95. The van der Waals surface area contributed by atoms with E-state index < -0.39 is 0 Å². The summed E-state index contributed by atoms with van der Waals surface area (Å²) in [7, 11) is 0. The van der Waals surface area contributed by atoms with Gasteiger partial charge in [-0.1, -0.05) is 41.1 Å². The molecule has 6 nitrogen and oxygen atoms in total. The van der Waals surface area contributed by atoms with Crippen molar-refractivity contribution < 1.29 is 9.32 Å². The van der Waals surface area contributed by atoms with Gasteiger partial charge in [-0.3, -0.25) is 9.78 Å². The number of nitrogens with zero attached hydrogens (tertiary/aromatic N) is 4. The maximum atomic E-state index is 12.3. The molecular formula is C19H18N4O2. The van der Waals surface area contributed by atoms with Crippen LogP contribution in [0.5, 0.6) is 0 Å². The predicted octanol–water partition coefficient (Wildman–Crippen LogP) is 3.30. The summed E-state index contributed by atoms with van der Waals surface area (Å²) in [6.45, 7) is 2.59. The first-order chi connectivity index (χ1) is 12.2. The SMILES string of the molecule is Cc1ccc(CN2C(=O)CCC2c2nc(-c3ccccn3)no2)cc1. The lowest BCUT2D eigenvalue weighted by Crippen LogP contribution is -2.27. The van der Waals surface area contributed by atoms with E-state index in [1.54, 1.807) is 6.20 Å². The molecule has 126 valence electrons. The van der Waals surface area contributed by atoms with Crippen LogP contribution in [0.2, 0.25) is 0 Å². The van der Waals surface area contributed by atoms with E-state index in [0.29, 0.717) is 36.8 Å². The summed E-state index contributed by atoms with van der Waals surface area (Å²) in [6.07, 6.45) is 2.88. The van der Waals surface area contributed by atoms with Gasteiger partial charge in [0.1, 0.15) is 11.7 Å². The quantitative estimate of drug-likeness (QED) is 0.732. The zero-order chi connectivity index (χ0) is 17.2. The van der Waals surface area contributed by atoms with E-state index in [-0.39, 0.29) is 11.9 Å². The first-order valence-corrected chi connectivity index (χ1v) is 8.31. The minimum absolute atomic E-state index is 0.114. The molecule has 1 aliphatic rings. The highest BCUT2D eigenvalue weighted by molar-refractivity contribution is 5.78. The average molecular weight is 334 g/mol. The van der Waals surface area contributed by atoms with Crippen LogP contribution in [0.3, 0.4) is 0 Å². The number of hydrogen-bond acceptors (Lipinski definition) is 5. The average Bonchev–Trinajstić information content (AvgIpc) is 3.25. The zero-order valence-electron chi connectivity index (χ0n) is 13.9. The first kappa shape index (κ1) is 15.5. The number of pyridine rings is 1. The van der Waals surface area contributed by atoms with Crippen molar-refractivity contribution in [2.24, 2.45) is 0 Å². The lowest BCUT2D eigenvalue weighted by atomic mass is 10.1. The third-order valence-corrected chi connectivity index (χ3v) is 4.42. The fourth-order valence-corrected chi connectivity index (χ4v) is 3.05. The van der Waals surface area contributed by atoms with Crippen molar-refractivity contribution in [1.82, 2.24) is 20.0 Å². The van der Waals surface area contributed by atoms with Crippen LogP contribution in [0, 0.1) is 6.92 Å². The van der Waals surface area contributed by atoms with Gasteiger partial charge in [-0.05, 0) is 31.0 Å². The lowest BCUT2D eigenvalue weighted by molar-refractivity contribution is -0.129. The van der Waals surface area contributed by atoms with Crippen molar-refractivity contribution in [2.75, 3.05) is 0 Å². The Morgan fingerprint density at radius 1 is 1.20 bits per heavy atom. The predicted molar refractivity (Wildman–Crippen MR) is 91.2 cm³/mol. The smallest absolute Gasteiger partial charge is 0.249 e. The molecule has 1 aliphatic heterocycles. The van der Waals surface area contributed by atoms with E-state index >= 15 is 0 Å². The molecule has 0 saturated carbocycles. The Hall–Kier alpha value is -3.02. The van der Waals surface area contributed by atoms with Gasteiger partial charge >= 0.3 is 0 Å². The van der Waals surface area contributed by atoms with Gasteiger partial charge in [-0.2, -0.15) is 4.98 Å². The number of rotatable bonds is 4. The van der Waals surface area contributed by atoms with Crippen molar-refractivity contribution in [2.45, 2.75) is 32.4 Å². The Morgan fingerprint density at radius 2 is 2.04 bits per heavy atom. The van der Waals surface area contributed by atoms with E-state index in [1.807, 2.05) is 42.2 Å². The number of benzene rings is 1. The highest BCUT2D eigenvalue weighted by Crippen LogP contribution is 2.33. The maximum absolute atomic E-state index is 12.3. The second-order valence-corrected chi connectivity index (χ2v) is 6.23. The van der Waals surface area contributed by atoms with E-state index in [4.69, 9.17) is 4.52 Å². The molecule has 4 rings (SSSR count). The topological polar surface area (TPSA) is 72.1 Å². The molecule has 0 spiro atoms. The van der Waals surface area contributed by atoms with Gasteiger partial charge < -0.3 is 9.42 Å². The van der Waals surface area contributed by atoms with Crippen molar-refractivity contribution in [3.8, 4) is 11.5 Å². The molecule has 3 aromatic rings. The number of aromatic nitrogens is 3. The highest BCUT2D eigenvalue weighted by atomic mass is 16.5. The minimum atomic E-state index is -0.182. The Labute approximate surface area is 145 Å². The molecule has 1 amide bonds. The fraction of sp³-hybridized carbons (Fsp3) is 0.263. The van der Waals surface area contributed by atoms with Crippen molar-refractivity contribution in [1.29, 1.82) is 0 Å². The van der Waals surface area contributed by atoms with Crippen LogP contribution in [-0.4, -0.2) is 25.9 Å². The van der Waals surface area contributed by atoms with Crippen LogP contribution in [0.15, 0.2) is 53.2 Å². The molecule has 1 saturated heterocycles. The fourth-order valence-electron chi connectivity index (χ4n) is 3.05. The number of carbonyl (C=O) groups is 1. The Morgan fingerprint density at radius 3 is 2.80 bits per heavy atom. The van der Waals surface area contributed by atoms with Crippen molar-refractivity contribution in [3.05, 3.63) is 65.7 Å². The molecule has 0 bridgehead atoms.